The van der Waals surface area contributed by atoms with Crippen molar-refractivity contribution in [2.45, 2.75) is 27.2 Å². The van der Waals surface area contributed by atoms with Gasteiger partial charge in [0.25, 0.3) is 0 Å². The molecule has 56 valence electrons. The van der Waals surface area contributed by atoms with Crippen LogP contribution in [0.3, 0.4) is 0 Å². The summed E-state index contributed by atoms with van der Waals surface area (Å²) in [5.74, 6) is 0.116. The molecule has 1 amide bonds. The molecule has 0 unspecified atom stereocenters. The van der Waals surface area contributed by atoms with Gasteiger partial charge in [0.15, 0.2) is 0 Å². The second-order valence-corrected chi connectivity index (χ2v) is 3.62. The second-order valence-electron chi connectivity index (χ2n) is 3.62. The van der Waals surface area contributed by atoms with Gasteiger partial charge in [-0.05, 0) is 0 Å². The van der Waals surface area contributed by atoms with Crippen LogP contribution in [-0.2, 0) is 4.79 Å². The zero-order valence-corrected chi connectivity index (χ0v) is 6.69. The Hall–Kier alpha value is -0.790. The molecule has 1 aliphatic heterocycles. The lowest BCUT2D eigenvalue weighted by atomic mass is 9.92. The fourth-order valence-corrected chi connectivity index (χ4v) is 0.941. The van der Waals surface area contributed by atoms with Gasteiger partial charge >= 0.3 is 0 Å². The quantitative estimate of drug-likeness (QED) is 0.540. The smallest absolute Gasteiger partial charge is 0.228 e. The second kappa shape index (κ2) is 2.11. The summed E-state index contributed by atoms with van der Waals surface area (Å²) in [5, 5.41) is 2.82. The van der Waals surface area contributed by atoms with Crippen molar-refractivity contribution in [2.24, 2.45) is 5.41 Å². The van der Waals surface area contributed by atoms with Gasteiger partial charge in [-0.15, -0.1) is 0 Å². The average molecular weight is 139 g/mol. The van der Waals surface area contributed by atoms with E-state index in [1.54, 1.807) is 0 Å². The summed E-state index contributed by atoms with van der Waals surface area (Å²) in [6.07, 6.45) is 2.51. The summed E-state index contributed by atoms with van der Waals surface area (Å²) < 4.78 is 0. The Morgan fingerprint density at radius 1 is 1.50 bits per heavy atom. The molecule has 0 spiro atoms. The van der Waals surface area contributed by atoms with Gasteiger partial charge < -0.3 is 5.32 Å². The topological polar surface area (TPSA) is 29.1 Å². The first-order valence-electron chi connectivity index (χ1n) is 3.50. The Balaban J connectivity index is 2.69. The monoisotopic (exact) mass is 139 g/mol. The van der Waals surface area contributed by atoms with Gasteiger partial charge in [-0.1, -0.05) is 26.8 Å². The first kappa shape index (κ1) is 7.32. The van der Waals surface area contributed by atoms with Crippen LogP contribution in [-0.4, -0.2) is 5.91 Å². The van der Waals surface area contributed by atoms with Crippen LogP contribution in [0.15, 0.2) is 11.8 Å². The highest BCUT2D eigenvalue weighted by atomic mass is 16.1. The van der Waals surface area contributed by atoms with Crippen molar-refractivity contribution in [2.75, 3.05) is 0 Å². The molecule has 0 saturated carbocycles. The summed E-state index contributed by atoms with van der Waals surface area (Å²) in [6.45, 7) is 6.26. The predicted molar refractivity (Wildman–Crippen MR) is 40.3 cm³/mol. The van der Waals surface area contributed by atoms with E-state index in [0.29, 0.717) is 6.42 Å². The number of rotatable bonds is 0. The van der Waals surface area contributed by atoms with Crippen LogP contribution in [0.5, 0.6) is 0 Å². The zero-order chi connectivity index (χ0) is 7.78. The molecule has 0 bridgehead atoms. The van der Waals surface area contributed by atoms with E-state index in [-0.39, 0.29) is 11.3 Å². The first-order valence-corrected chi connectivity index (χ1v) is 3.50. The van der Waals surface area contributed by atoms with Crippen molar-refractivity contribution in [3.8, 4) is 0 Å². The van der Waals surface area contributed by atoms with Crippen molar-refractivity contribution in [3.05, 3.63) is 11.8 Å². The summed E-state index contributed by atoms with van der Waals surface area (Å²) >= 11 is 0. The predicted octanol–water partition coefficient (Wildman–Crippen LogP) is 1.44. The third-order valence-electron chi connectivity index (χ3n) is 1.57. The van der Waals surface area contributed by atoms with Crippen LogP contribution in [0.1, 0.15) is 27.2 Å². The fraction of sp³-hybridized carbons (Fsp3) is 0.625. The number of carbonyl (C=O) groups is 1. The van der Waals surface area contributed by atoms with E-state index in [1.165, 1.54) is 0 Å². The first-order chi connectivity index (χ1) is 4.50. The van der Waals surface area contributed by atoms with Gasteiger partial charge in [0, 0.05) is 17.5 Å². The minimum Gasteiger partial charge on any atom is -0.329 e. The van der Waals surface area contributed by atoms with E-state index >= 15 is 0 Å². The van der Waals surface area contributed by atoms with Crippen LogP contribution >= 0.6 is 0 Å². The molecule has 10 heavy (non-hydrogen) atoms. The highest BCUT2D eigenvalue weighted by molar-refractivity contribution is 5.82. The lowest BCUT2D eigenvalue weighted by Crippen LogP contribution is -2.24. The van der Waals surface area contributed by atoms with Crippen LogP contribution in [0.4, 0.5) is 0 Å². The standard InChI is InChI=1S/C8H13NO/c1-8(2,3)6-4-5-7(10)9-6/h4H,5H2,1-3H3,(H,9,10). The molecule has 0 saturated heterocycles. The van der Waals surface area contributed by atoms with Crippen molar-refractivity contribution in [3.63, 3.8) is 0 Å². The molecular formula is C8H13NO. The molecule has 2 nitrogen and oxygen atoms in total. The maximum absolute atomic E-state index is 10.7. The maximum Gasteiger partial charge on any atom is 0.228 e. The van der Waals surface area contributed by atoms with E-state index in [4.69, 9.17) is 0 Å². The Morgan fingerprint density at radius 2 is 2.10 bits per heavy atom. The molecule has 0 radical (unpaired) electrons. The van der Waals surface area contributed by atoms with Gasteiger partial charge in [-0.3, -0.25) is 4.79 Å². The summed E-state index contributed by atoms with van der Waals surface area (Å²) in [5.41, 5.74) is 1.14. The number of allylic oxidation sites excluding steroid dienone is 1. The SMILES string of the molecule is CC(C)(C)C1=CCC(=O)N1. The third kappa shape index (κ3) is 1.38. The molecule has 0 atom stereocenters. The van der Waals surface area contributed by atoms with Gasteiger partial charge in [0.2, 0.25) is 5.91 Å². The largest absolute Gasteiger partial charge is 0.329 e. The molecular weight excluding hydrogens is 126 g/mol. The normalized spacial score (nSPS) is 18.7. The highest BCUT2D eigenvalue weighted by Crippen LogP contribution is 2.25. The van der Waals surface area contributed by atoms with Gasteiger partial charge in [0.1, 0.15) is 0 Å². The Morgan fingerprint density at radius 3 is 2.30 bits per heavy atom. The molecule has 2 heteroatoms. The molecule has 0 aromatic heterocycles. The summed E-state index contributed by atoms with van der Waals surface area (Å²) in [7, 11) is 0. The molecule has 0 fully saturated rings. The number of carbonyl (C=O) groups excluding carboxylic acids is 1. The minimum absolute atomic E-state index is 0.0894. The molecule has 0 aromatic carbocycles. The molecule has 0 aliphatic carbocycles. The number of hydrogen-bond acceptors (Lipinski definition) is 1. The molecule has 1 aliphatic rings. The Kier molecular flexibility index (Phi) is 1.55. The lowest BCUT2D eigenvalue weighted by Gasteiger charge is -2.19. The van der Waals surface area contributed by atoms with Crippen molar-refractivity contribution < 1.29 is 4.79 Å². The summed E-state index contributed by atoms with van der Waals surface area (Å²) in [4.78, 5) is 10.7. The number of nitrogens with one attached hydrogen (secondary N) is 1. The van der Waals surface area contributed by atoms with Crippen LogP contribution < -0.4 is 5.32 Å². The van der Waals surface area contributed by atoms with Gasteiger partial charge in [-0.2, -0.15) is 0 Å². The minimum atomic E-state index is 0.0894. The van der Waals surface area contributed by atoms with E-state index in [9.17, 15) is 4.79 Å². The van der Waals surface area contributed by atoms with Gasteiger partial charge in [0.05, 0.1) is 0 Å². The van der Waals surface area contributed by atoms with Crippen molar-refractivity contribution in [1.82, 2.24) is 5.32 Å². The molecule has 1 N–H and O–H groups in total. The third-order valence-corrected chi connectivity index (χ3v) is 1.57. The van der Waals surface area contributed by atoms with Crippen LogP contribution in [0.2, 0.25) is 0 Å². The Bertz CT molecular complexity index is 186. The summed E-state index contributed by atoms with van der Waals surface area (Å²) in [6, 6.07) is 0. The van der Waals surface area contributed by atoms with Crippen LogP contribution in [0, 0.1) is 5.41 Å². The van der Waals surface area contributed by atoms with Gasteiger partial charge in [-0.25, -0.2) is 0 Å². The molecule has 1 heterocycles. The Labute approximate surface area is 61.3 Å². The molecule has 1 rings (SSSR count). The number of amides is 1. The van der Waals surface area contributed by atoms with Crippen LogP contribution in [0.25, 0.3) is 0 Å². The van der Waals surface area contributed by atoms with Crippen molar-refractivity contribution in [1.29, 1.82) is 0 Å². The number of hydrogen-bond donors (Lipinski definition) is 1. The maximum atomic E-state index is 10.7. The van der Waals surface area contributed by atoms with E-state index < -0.39 is 0 Å². The fourth-order valence-electron chi connectivity index (χ4n) is 0.941. The van der Waals surface area contributed by atoms with E-state index in [0.717, 1.165) is 5.70 Å². The highest BCUT2D eigenvalue weighted by Gasteiger charge is 2.22. The van der Waals surface area contributed by atoms with E-state index in [2.05, 4.69) is 26.1 Å². The average Bonchev–Trinajstić information content (AvgIpc) is 2.11. The van der Waals surface area contributed by atoms with Crippen molar-refractivity contribution >= 4 is 5.91 Å². The zero-order valence-electron chi connectivity index (χ0n) is 6.69. The van der Waals surface area contributed by atoms with E-state index in [1.807, 2.05) is 6.08 Å². The lowest BCUT2D eigenvalue weighted by molar-refractivity contribution is -0.119. The molecule has 0 aromatic rings.